The van der Waals surface area contributed by atoms with Crippen molar-refractivity contribution in [2.24, 2.45) is 0 Å². The molecule has 0 fully saturated rings. The monoisotopic (exact) mass is 238 g/mol. The topological polar surface area (TPSA) is 43.4 Å². The second-order valence-electron chi connectivity index (χ2n) is 3.12. The summed E-state index contributed by atoms with van der Waals surface area (Å²) in [5.41, 5.74) is 0. The highest BCUT2D eigenvalue weighted by atomic mass is 32.2. The van der Waals surface area contributed by atoms with Gasteiger partial charge >= 0.3 is 5.97 Å². The molecule has 0 N–H and O–H groups in total. The maximum absolute atomic E-state index is 11.4. The van der Waals surface area contributed by atoms with E-state index in [0.29, 0.717) is 12.4 Å². The summed E-state index contributed by atoms with van der Waals surface area (Å²) < 4.78 is 4.70. The van der Waals surface area contributed by atoms with E-state index in [9.17, 15) is 9.59 Å². The van der Waals surface area contributed by atoms with Crippen molar-refractivity contribution in [3.05, 3.63) is 30.3 Å². The number of hydrogen-bond acceptors (Lipinski definition) is 4. The van der Waals surface area contributed by atoms with Crippen molar-refractivity contribution < 1.29 is 14.3 Å². The zero-order valence-corrected chi connectivity index (χ0v) is 9.96. The van der Waals surface area contributed by atoms with Gasteiger partial charge in [-0.3, -0.25) is 9.59 Å². The molecule has 0 saturated carbocycles. The number of carbonyl (C=O) groups excluding carboxylic acids is 2. The first-order chi connectivity index (χ1) is 7.72. The van der Waals surface area contributed by atoms with Crippen molar-refractivity contribution in [2.75, 3.05) is 12.4 Å². The molecule has 3 nitrogen and oxygen atoms in total. The average molecular weight is 238 g/mol. The van der Waals surface area contributed by atoms with E-state index < -0.39 is 5.97 Å². The highest BCUT2D eigenvalue weighted by molar-refractivity contribution is 8.00. The van der Waals surface area contributed by atoms with Crippen LogP contribution >= 0.6 is 11.8 Å². The van der Waals surface area contributed by atoms with Crippen LogP contribution in [0, 0.1) is 0 Å². The van der Waals surface area contributed by atoms with E-state index in [4.69, 9.17) is 4.74 Å². The molecule has 0 saturated heterocycles. The first-order valence-corrected chi connectivity index (χ1v) is 6.06. The normalized spacial score (nSPS) is 9.81. The van der Waals surface area contributed by atoms with Gasteiger partial charge in [0.1, 0.15) is 6.42 Å². The van der Waals surface area contributed by atoms with Crippen LogP contribution in [0.3, 0.4) is 0 Å². The summed E-state index contributed by atoms with van der Waals surface area (Å²) in [6.07, 6.45) is -0.131. The predicted octanol–water partition coefficient (Wildman–Crippen LogP) is 2.30. The van der Waals surface area contributed by atoms with Gasteiger partial charge in [0.25, 0.3) is 0 Å². The molecule has 0 unspecified atom stereocenters. The lowest BCUT2D eigenvalue weighted by atomic mass is 10.3. The van der Waals surface area contributed by atoms with Gasteiger partial charge < -0.3 is 4.74 Å². The minimum Gasteiger partial charge on any atom is -0.466 e. The number of esters is 1. The Morgan fingerprint density at radius 1 is 1.25 bits per heavy atom. The van der Waals surface area contributed by atoms with Gasteiger partial charge in [0.2, 0.25) is 0 Å². The second kappa shape index (κ2) is 7.06. The molecule has 0 spiro atoms. The lowest BCUT2D eigenvalue weighted by Gasteiger charge is -2.01. The minimum absolute atomic E-state index is 0.104. The fraction of sp³-hybridized carbons (Fsp3) is 0.333. The lowest BCUT2D eigenvalue weighted by molar-refractivity contribution is -0.145. The van der Waals surface area contributed by atoms with Gasteiger partial charge in [-0.15, -0.1) is 11.8 Å². The molecule has 0 aliphatic rings. The third-order valence-electron chi connectivity index (χ3n) is 1.79. The number of ketones is 1. The van der Waals surface area contributed by atoms with E-state index in [-0.39, 0.29) is 12.2 Å². The molecule has 16 heavy (non-hydrogen) atoms. The molecular formula is C12H14O3S. The third kappa shape index (κ3) is 4.98. The molecule has 86 valence electrons. The van der Waals surface area contributed by atoms with Crippen molar-refractivity contribution >= 4 is 23.5 Å². The highest BCUT2D eigenvalue weighted by Crippen LogP contribution is 2.17. The van der Waals surface area contributed by atoms with Gasteiger partial charge in [-0.1, -0.05) is 18.2 Å². The zero-order chi connectivity index (χ0) is 11.8. The van der Waals surface area contributed by atoms with Gasteiger partial charge in [0, 0.05) is 4.90 Å². The van der Waals surface area contributed by atoms with Crippen LogP contribution in [0.1, 0.15) is 13.3 Å². The molecule has 0 aliphatic heterocycles. The van der Waals surface area contributed by atoms with Crippen molar-refractivity contribution in [3.63, 3.8) is 0 Å². The van der Waals surface area contributed by atoms with Crippen LogP contribution in [0.25, 0.3) is 0 Å². The van der Waals surface area contributed by atoms with Crippen LogP contribution in [0.15, 0.2) is 35.2 Å². The smallest absolute Gasteiger partial charge is 0.313 e. The Balaban J connectivity index is 2.28. The second-order valence-corrected chi connectivity index (χ2v) is 4.17. The van der Waals surface area contributed by atoms with Gasteiger partial charge in [-0.05, 0) is 19.1 Å². The van der Waals surface area contributed by atoms with E-state index >= 15 is 0 Å². The lowest BCUT2D eigenvalue weighted by Crippen LogP contribution is -2.12. The highest BCUT2D eigenvalue weighted by Gasteiger charge is 2.10. The summed E-state index contributed by atoms with van der Waals surface area (Å²) in [4.78, 5) is 23.4. The number of carbonyl (C=O) groups is 2. The number of rotatable bonds is 6. The van der Waals surface area contributed by atoms with Gasteiger partial charge in [0.15, 0.2) is 5.78 Å². The molecule has 0 heterocycles. The predicted molar refractivity (Wildman–Crippen MR) is 63.4 cm³/mol. The van der Waals surface area contributed by atoms with Gasteiger partial charge in [-0.25, -0.2) is 0 Å². The quantitative estimate of drug-likeness (QED) is 0.433. The standard InChI is InChI=1S/C12H14O3S/c1-2-15-12(14)8-10(13)9-16-11-6-4-3-5-7-11/h3-7H,2,8-9H2,1H3. The third-order valence-corrected chi connectivity index (χ3v) is 2.86. The maximum Gasteiger partial charge on any atom is 0.313 e. The molecular weight excluding hydrogens is 224 g/mol. The fourth-order valence-electron chi connectivity index (χ4n) is 1.10. The number of hydrogen-bond donors (Lipinski definition) is 0. The molecule has 1 rings (SSSR count). The molecule has 0 aliphatic carbocycles. The summed E-state index contributed by atoms with van der Waals surface area (Å²) in [6, 6.07) is 9.62. The van der Waals surface area contributed by atoms with E-state index in [0.717, 1.165) is 4.90 Å². The van der Waals surface area contributed by atoms with E-state index in [1.807, 2.05) is 30.3 Å². The van der Waals surface area contributed by atoms with Crippen molar-refractivity contribution in [3.8, 4) is 0 Å². The van der Waals surface area contributed by atoms with Crippen LogP contribution in [-0.4, -0.2) is 24.1 Å². The van der Waals surface area contributed by atoms with Gasteiger partial charge in [-0.2, -0.15) is 0 Å². The van der Waals surface area contributed by atoms with Crippen molar-refractivity contribution in [2.45, 2.75) is 18.2 Å². The Morgan fingerprint density at radius 2 is 1.94 bits per heavy atom. The summed E-state index contributed by atoms with van der Waals surface area (Å²) in [6.45, 7) is 2.04. The molecule has 1 aromatic carbocycles. The van der Waals surface area contributed by atoms with Crippen LogP contribution < -0.4 is 0 Å². The number of ether oxygens (including phenoxy) is 1. The fourth-order valence-corrected chi connectivity index (χ4v) is 1.88. The largest absolute Gasteiger partial charge is 0.466 e. The Kier molecular flexibility index (Phi) is 5.64. The molecule has 0 radical (unpaired) electrons. The molecule has 0 aromatic heterocycles. The maximum atomic E-state index is 11.4. The Bertz CT molecular complexity index is 349. The number of thioether (sulfide) groups is 1. The molecule has 0 amide bonds. The summed E-state index contributed by atoms with van der Waals surface area (Å²) in [5.74, 6) is -0.239. The Labute approximate surface area is 99.2 Å². The van der Waals surface area contributed by atoms with Gasteiger partial charge in [0.05, 0.1) is 12.4 Å². The molecule has 1 aromatic rings. The van der Waals surface area contributed by atoms with Crippen LogP contribution in [0.4, 0.5) is 0 Å². The zero-order valence-electron chi connectivity index (χ0n) is 9.14. The Hall–Kier alpha value is -1.29. The summed E-state index contributed by atoms with van der Waals surface area (Å²) in [5, 5.41) is 0. The summed E-state index contributed by atoms with van der Waals surface area (Å²) in [7, 11) is 0. The summed E-state index contributed by atoms with van der Waals surface area (Å²) >= 11 is 1.43. The van der Waals surface area contributed by atoms with Crippen molar-refractivity contribution in [1.29, 1.82) is 0 Å². The van der Waals surface area contributed by atoms with E-state index in [2.05, 4.69) is 0 Å². The van der Waals surface area contributed by atoms with E-state index in [1.165, 1.54) is 11.8 Å². The van der Waals surface area contributed by atoms with Crippen molar-refractivity contribution in [1.82, 2.24) is 0 Å². The number of benzene rings is 1. The molecule has 0 bridgehead atoms. The average Bonchev–Trinajstić information content (AvgIpc) is 2.28. The number of Topliss-reactive ketones (excluding diaryl/α,β-unsaturated/α-hetero) is 1. The molecule has 0 atom stereocenters. The Morgan fingerprint density at radius 3 is 2.56 bits per heavy atom. The van der Waals surface area contributed by atoms with Crippen LogP contribution in [0.5, 0.6) is 0 Å². The minimum atomic E-state index is -0.443. The molecule has 4 heteroatoms. The van der Waals surface area contributed by atoms with Crippen LogP contribution in [-0.2, 0) is 14.3 Å². The van der Waals surface area contributed by atoms with E-state index in [1.54, 1.807) is 6.92 Å². The first-order valence-electron chi connectivity index (χ1n) is 5.07. The SMILES string of the molecule is CCOC(=O)CC(=O)CSc1ccccc1. The van der Waals surface area contributed by atoms with Crippen LogP contribution in [0.2, 0.25) is 0 Å². The first kappa shape index (κ1) is 12.8.